The first-order chi connectivity index (χ1) is 14.1. The molecule has 4 aromatic rings. The Labute approximate surface area is 216 Å². The fraction of sp³-hybridized carbons (Fsp3) is 0.273. The second-order valence-electron chi connectivity index (χ2n) is 7.41. The van der Waals surface area contributed by atoms with Gasteiger partial charge < -0.3 is 15.4 Å². The highest BCUT2D eigenvalue weighted by molar-refractivity contribution is 8.93. The van der Waals surface area contributed by atoms with Crippen LogP contribution in [0.4, 0.5) is 4.39 Å². The van der Waals surface area contributed by atoms with Gasteiger partial charge >= 0.3 is 0 Å². The van der Waals surface area contributed by atoms with Crippen LogP contribution in [0.1, 0.15) is 23.9 Å². The van der Waals surface area contributed by atoms with Gasteiger partial charge in [0.15, 0.2) is 17.4 Å². The number of phenolic OH excluding ortho intramolecular Hbond substituents is 1. The van der Waals surface area contributed by atoms with Crippen LogP contribution in [0.5, 0.6) is 5.75 Å². The van der Waals surface area contributed by atoms with Gasteiger partial charge in [0.2, 0.25) is 0 Å². The predicted molar refractivity (Wildman–Crippen MR) is 141 cm³/mol. The fourth-order valence-corrected chi connectivity index (χ4v) is 4.05. The Morgan fingerprint density at radius 1 is 1.06 bits per heavy atom. The number of imidazole rings is 1. The number of aromatic hydroxyl groups is 1. The monoisotopic (exact) mass is 631 g/mol. The first kappa shape index (κ1) is 26.5. The average Bonchev–Trinajstić information content (AvgIpc) is 3.26. The van der Waals surface area contributed by atoms with Crippen molar-refractivity contribution in [3.05, 3.63) is 53.1 Å². The molecule has 2 aromatic heterocycles. The lowest BCUT2D eigenvalue weighted by Gasteiger charge is -2.10. The number of phenols is 1. The summed E-state index contributed by atoms with van der Waals surface area (Å²) in [5.74, 6) is -0.154. The fourth-order valence-electron chi connectivity index (χ4n) is 4.05. The number of hydrogen-bond acceptors (Lipinski definition) is 4. The highest BCUT2D eigenvalue weighted by Crippen LogP contribution is 2.33. The molecule has 0 amide bonds. The SMILES string of the molecule is Br.Br.Br.CCc1cc(O)c(F)cc1-c1ccc2c(-c3nc4c([nH]3)CCNCC4)n[nH]c2c1. The first-order valence-electron chi connectivity index (χ1n) is 9.92. The number of H-pyrrole nitrogens is 2. The smallest absolute Gasteiger partial charge is 0.165 e. The summed E-state index contributed by atoms with van der Waals surface area (Å²) in [4.78, 5) is 8.21. The van der Waals surface area contributed by atoms with Gasteiger partial charge in [0, 0.05) is 37.0 Å². The summed E-state index contributed by atoms with van der Waals surface area (Å²) in [7, 11) is 0. The Balaban J connectivity index is 0.00000121. The van der Waals surface area contributed by atoms with Crippen LogP contribution in [0.25, 0.3) is 33.5 Å². The topological polar surface area (TPSA) is 89.6 Å². The molecule has 0 saturated carbocycles. The molecule has 1 aliphatic heterocycles. The van der Waals surface area contributed by atoms with Crippen LogP contribution in [0.2, 0.25) is 0 Å². The molecule has 1 aliphatic rings. The minimum absolute atomic E-state index is 0. The molecule has 5 rings (SSSR count). The Morgan fingerprint density at radius 2 is 1.84 bits per heavy atom. The van der Waals surface area contributed by atoms with Gasteiger partial charge in [0.05, 0.1) is 11.2 Å². The van der Waals surface area contributed by atoms with E-state index in [1.165, 1.54) is 17.8 Å². The van der Waals surface area contributed by atoms with E-state index < -0.39 is 5.82 Å². The molecule has 0 unspecified atom stereocenters. The predicted octanol–water partition coefficient (Wildman–Crippen LogP) is 5.45. The zero-order chi connectivity index (χ0) is 20.0. The van der Waals surface area contributed by atoms with Crippen LogP contribution in [-0.2, 0) is 19.3 Å². The molecule has 2 aromatic carbocycles. The number of fused-ring (bicyclic) bond motifs is 2. The van der Waals surface area contributed by atoms with E-state index in [4.69, 9.17) is 4.98 Å². The standard InChI is InChI=1S/C22H22FN5O.3BrH/c1-2-12-10-20(29)16(23)11-15(12)13-3-4-14-19(9-13)27-28-21(14)22-25-17-5-7-24-8-6-18(17)26-22;;;/h3-4,9-11,24,29H,2,5-8H2,1H3,(H,25,26)(H,27,28);3*1H. The number of benzene rings is 2. The lowest BCUT2D eigenvalue weighted by atomic mass is 9.96. The normalized spacial score (nSPS) is 12.8. The number of aryl methyl sites for hydroxylation is 1. The van der Waals surface area contributed by atoms with E-state index in [9.17, 15) is 9.50 Å². The molecular formula is C22H25Br3FN5O. The second kappa shape index (κ2) is 10.9. The van der Waals surface area contributed by atoms with E-state index in [-0.39, 0.29) is 56.7 Å². The Morgan fingerprint density at radius 3 is 2.62 bits per heavy atom. The molecule has 0 bridgehead atoms. The number of hydrogen-bond donors (Lipinski definition) is 4. The van der Waals surface area contributed by atoms with Gasteiger partial charge in [-0.25, -0.2) is 9.37 Å². The minimum atomic E-state index is -0.617. The lowest BCUT2D eigenvalue weighted by molar-refractivity contribution is 0.432. The molecule has 0 radical (unpaired) electrons. The number of nitrogens with one attached hydrogen (secondary N) is 3. The molecule has 0 saturated heterocycles. The maximum Gasteiger partial charge on any atom is 0.165 e. The van der Waals surface area contributed by atoms with Crippen LogP contribution in [0, 0.1) is 5.82 Å². The summed E-state index contributed by atoms with van der Waals surface area (Å²) < 4.78 is 14.0. The van der Waals surface area contributed by atoms with Crippen LogP contribution in [0.3, 0.4) is 0 Å². The molecular weight excluding hydrogens is 609 g/mol. The quantitative estimate of drug-likeness (QED) is 0.242. The van der Waals surface area contributed by atoms with Crippen molar-refractivity contribution >= 4 is 61.8 Å². The molecule has 10 heteroatoms. The Kier molecular flexibility index (Phi) is 9.04. The van der Waals surface area contributed by atoms with Crippen molar-refractivity contribution in [3.63, 3.8) is 0 Å². The van der Waals surface area contributed by atoms with Crippen molar-refractivity contribution < 1.29 is 9.50 Å². The number of rotatable bonds is 3. The van der Waals surface area contributed by atoms with Gasteiger partial charge in [0.1, 0.15) is 5.69 Å². The van der Waals surface area contributed by atoms with Gasteiger partial charge in [-0.2, -0.15) is 5.10 Å². The summed E-state index contributed by atoms with van der Waals surface area (Å²) in [6.45, 7) is 3.87. The summed E-state index contributed by atoms with van der Waals surface area (Å²) in [6.07, 6.45) is 2.54. The third-order valence-corrected chi connectivity index (χ3v) is 5.61. The summed E-state index contributed by atoms with van der Waals surface area (Å²) >= 11 is 0. The summed E-state index contributed by atoms with van der Waals surface area (Å²) in [5.41, 5.74) is 6.48. The molecule has 3 heterocycles. The first-order valence-corrected chi connectivity index (χ1v) is 9.92. The van der Waals surface area contributed by atoms with Crippen LogP contribution < -0.4 is 5.32 Å². The largest absolute Gasteiger partial charge is 0.505 e. The zero-order valence-corrected chi connectivity index (χ0v) is 22.5. The number of aromatic amines is 2. The molecule has 0 aliphatic carbocycles. The molecule has 6 nitrogen and oxygen atoms in total. The van der Waals surface area contributed by atoms with Crippen molar-refractivity contribution in [3.8, 4) is 28.4 Å². The third-order valence-electron chi connectivity index (χ3n) is 5.61. The van der Waals surface area contributed by atoms with Crippen molar-refractivity contribution in [2.24, 2.45) is 0 Å². The Hall–Kier alpha value is -1.75. The van der Waals surface area contributed by atoms with Crippen molar-refractivity contribution in [1.29, 1.82) is 0 Å². The molecule has 32 heavy (non-hydrogen) atoms. The number of aromatic nitrogens is 4. The maximum atomic E-state index is 14.0. The van der Waals surface area contributed by atoms with Gasteiger partial charge in [-0.15, -0.1) is 50.9 Å². The van der Waals surface area contributed by atoms with Gasteiger partial charge in [0.25, 0.3) is 0 Å². The van der Waals surface area contributed by atoms with E-state index in [1.807, 2.05) is 25.1 Å². The highest BCUT2D eigenvalue weighted by atomic mass is 79.9. The number of halogens is 4. The van der Waals surface area contributed by atoms with E-state index in [0.717, 1.165) is 70.7 Å². The van der Waals surface area contributed by atoms with Crippen LogP contribution >= 0.6 is 50.9 Å². The van der Waals surface area contributed by atoms with Crippen LogP contribution in [-0.4, -0.2) is 38.4 Å². The molecule has 0 spiro atoms. The average molecular weight is 634 g/mol. The van der Waals surface area contributed by atoms with Crippen LogP contribution in [0.15, 0.2) is 30.3 Å². The highest BCUT2D eigenvalue weighted by Gasteiger charge is 2.18. The summed E-state index contributed by atoms with van der Waals surface area (Å²) in [5, 5.41) is 21.6. The minimum Gasteiger partial charge on any atom is -0.505 e. The van der Waals surface area contributed by atoms with Gasteiger partial charge in [-0.05, 0) is 47.4 Å². The summed E-state index contributed by atoms with van der Waals surface area (Å²) in [6, 6.07) is 8.81. The van der Waals surface area contributed by atoms with Gasteiger partial charge in [-0.3, -0.25) is 5.10 Å². The van der Waals surface area contributed by atoms with Crippen molar-refractivity contribution in [2.75, 3.05) is 13.1 Å². The Bertz CT molecular complexity index is 1200. The van der Waals surface area contributed by atoms with E-state index in [1.54, 1.807) is 0 Å². The van der Waals surface area contributed by atoms with Crippen molar-refractivity contribution in [2.45, 2.75) is 26.2 Å². The van der Waals surface area contributed by atoms with E-state index in [0.29, 0.717) is 6.42 Å². The van der Waals surface area contributed by atoms with Gasteiger partial charge in [-0.1, -0.05) is 13.0 Å². The lowest BCUT2D eigenvalue weighted by Crippen LogP contribution is -2.16. The molecule has 4 N–H and O–H groups in total. The van der Waals surface area contributed by atoms with E-state index in [2.05, 4.69) is 20.5 Å². The van der Waals surface area contributed by atoms with E-state index >= 15 is 0 Å². The zero-order valence-electron chi connectivity index (χ0n) is 17.4. The third kappa shape index (κ3) is 4.78. The van der Waals surface area contributed by atoms with Crippen molar-refractivity contribution in [1.82, 2.24) is 25.5 Å². The second-order valence-corrected chi connectivity index (χ2v) is 7.41. The molecule has 0 atom stereocenters. The number of nitrogens with zero attached hydrogens (tertiary/aromatic N) is 2. The molecule has 0 fully saturated rings. The molecule has 172 valence electrons. The maximum absolute atomic E-state index is 14.0.